The summed E-state index contributed by atoms with van der Waals surface area (Å²) >= 11 is 3.39. The van der Waals surface area contributed by atoms with Crippen molar-refractivity contribution in [3.8, 4) is 11.5 Å². The van der Waals surface area contributed by atoms with E-state index in [0.717, 1.165) is 15.9 Å². The fourth-order valence-electron chi connectivity index (χ4n) is 1.39. The molecule has 1 aromatic carbocycles. The van der Waals surface area contributed by atoms with Crippen LogP contribution in [-0.4, -0.2) is 4.98 Å². The summed E-state index contributed by atoms with van der Waals surface area (Å²) in [6.45, 7) is 1.90. The third-order valence-corrected chi connectivity index (χ3v) is 2.75. The normalized spacial score (nSPS) is 12.2. The minimum absolute atomic E-state index is 0.0603. The van der Waals surface area contributed by atoms with Crippen LogP contribution in [-0.2, 0) is 0 Å². The van der Waals surface area contributed by atoms with Crippen molar-refractivity contribution in [2.45, 2.75) is 13.0 Å². The van der Waals surface area contributed by atoms with E-state index >= 15 is 0 Å². The van der Waals surface area contributed by atoms with Crippen molar-refractivity contribution in [2.24, 2.45) is 5.73 Å². The van der Waals surface area contributed by atoms with Crippen LogP contribution >= 0.6 is 15.9 Å². The Kier molecular flexibility index (Phi) is 3.76. The Morgan fingerprint density at radius 3 is 2.65 bits per heavy atom. The van der Waals surface area contributed by atoms with Gasteiger partial charge in [0.25, 0.3) is 0 Å². The van der Waals surface area contributed by atoms with Gasteiger partial charge >= 0.3 is 0 Å². The smallest absolute Gasteiger partial charge is 0.145 e. The van der Waals surface area contributed by atoms with Crippen molar-refractivity contribution in [1.29, 1.82) is 0 Å². The first-order valence-corrected chi connectivity index (χ1v) is 6.09. The van der Waals surface area contributed by atoms with Gasteiger partial charge < -0.3 is 10.5 Å². The van der Waals surface area contributed by atoms with Crippen molar-refractivity contribution in [3.63, 3.8) is 0 Å². The molecule has 0 bridgehead atoms. The second-order valence-corrected chi connectivity index (χ2v) is 4.68. The van der Waals surface area contributed by atoms with Crippen LogP contribution in [0.2, 0.25) is 0 Å². The monoisotopic (exact) mass is 292 g/mol. The zero-order valence-electron chi connectivity index (χ0n) is 9.43. The number of hydrogen-bond donors (Lipinski definition) is 1. The van der Waals surface area contributed by atoms with E-state index in [2.05, 4.69) is 20.9 Å². The molecule has 1 aromatic heterocycles. The van der Waals surface area contributed by atoms with Crippen molar-refractivity contribution in [2.75, 3.05) is 0 Å². The Morgan fingerprint density at radius 1 is 1.24 bits per heavy atom. The predicted octanol–water partition coefficient (Wildman–Crippen LogP) is 3.66. The van der Waals surface area contributed by atoms with E-state index in [9.17, 15) is 0 Å². The highest BCUT2D eigenvalue weighted by Gasteiger charge is 2.02. The molecule has 3 nitrogen and oxygen atoms in total. The van der Waals surface area contributed by atoms with E-state index in [-0.39, 0.29) is 6.04 Å². The van der Waals surface area contributed by atoms with Gasteiger partial charge in [-0.25, -0.2) is 0 Å². The standard InChI is InChI=1S/C13H13BrN2O/c1-9(15)13-6-5-12(8-16-13)17-11-4-2-3-10(14)7-11/h2-9H,15H2,1H3/t9-/m0/s1. The van der Waals surface area contributed by atoms with E-state index in [1.165, 1.54) is 0 Å². The molecule has 2 aromatic rings. The largest absolute Gasteiger partial charge is 0.456 e. The molecule has 0 aliphatic carbocycles. The molecule has 0 radical (unpaired) electrons. The van der Waals surface area contributed by atoms with Gasteiger partial charge in [0.05, 0.1) is 11.9 Å². The lowest BCUT2D eigenvalue weighted by molar-refractivity contribution is 0.479. The Hall–Kier alpha value is -1.39. The van der Waals surface area contributed by atoms with E-state index < -0.39 is 0 Å². The van der Waals surface area contributed by atoms with Gasteiger partial charge in [-0.05, 0) is 37.3 Å². The highest BCUT2D eigenvalue weighted by Crippen LogP contribution is 2.24. The Morgan fingerprint density at radius 2 is 2.06 bits per heavy atom. The number of benzene rings is 1. The number of halogens is 1. The van der Waals surface area contributed by atoms with Crippen LogP contribution < -0.4 is 10.5 Å². The first-order chi connectivity index (χ1) is 8.15. The van der Waals surface area contributed by atoms with Crippen LogP contribution in [0, 0.1) is 0 Å². The molecule has 0 fully saturated rings. The summed E-state index contributed by atoms with van der Waals surface area (Å²) in [4.78, 5) is 4.24. The quantitative estimate of drug-likeness (QED) is 0.939. The summed E-state index contributed by atoms with van der Waals surface area (Å²) < 4.78 is 6.64. The highest BCUT2D eigenvalue weighted by molar-refractivity contribution is 9.10. The zero-order chi connectivity index (χ0) is 12.3. The SMILES string of the molecule is C[C@H](N)c1ccc(Oc2cccc(Br)c2)cn1. The number of nitrogens with two attached hydrogens (primary N) is 1. The molecule has 0 saturated carbocycles. The fourth-order valence-corrected chi connectivity index (χ4v) is 1.77. The molecule has 0 unspecified atom stereocenters. The lowest BCUT2D eigenvalue weighted by atomic mass is 10.2. The van der Waals surface area contributed by atoms with Gasteiger partial charge in [-0.2, -0.15) is 0 Å². The molecule has 0 amide bonds. The molecule has 0 aliphatic rings. The molecule has 0 saturated heterocycles. The Balaban J connectivity index is 2.14. The summed E-state index contributed by atoms with van der Waals surface area (Å²) in [6, 6.07) is 11.3. The number of hydrogen-bond acceptors (Lipinski definition) is 3. The fraction of sp³-hybridized carbons (Fsp3) is 0.154. The van der Waals surface area contributed by atoms with Gasteiger partial charge in [-0.1, -0.05) is 22.0 Å². The van der Waals surface area contributed by atoms with Gasteiger partial charge in [-0.15, -0.1) is 0 Å². The van der Waals surface area contributed by atoms with E-state index in [1.807, 2.05) is 43.3 Å². The van der Waals surface area contributed by atoms with Gasteiger partial charge in [0.15, 0.2) is 0 Å². The maximum Gasteiger partial charge on any atom is 0.145 e. The number of nitrogens with zero attached hydrogens (tertiary/aromatic N) is 1. The highest BCUT2D eigenvalue weighted by atomic mass is 79.9. The summed E-state index contributed by atoms with van der Waals surface area (Å²) in [6.07, 6.45) is 1.68. The molecule has 88 valence electrons. The van der Waals surface area contributed by atoms with Crippen LogP contribution in [0.3, 0.4) is 0 Å². The molecule has 2 rings (SSSR count). The lowest BCUT2D eigenvalue weighted by Gasteiger charge is -2.08. The van der Waals surface area contributed by atoms with Gasteiger partial charge in [0, 0.05) is 10.5 Å². The number of pyridine rings is 1. The maximum absolute atomic E-state index is 5.73. The van der Waals surface area contributed by atoms with Crippen LogP contribution in [0.5, 0.6) is 11.5 Å². The second kappa shape index (κ2) is 5.29. The first-order valence-electron chi connectivity index (χ1n) is 5.30. The van der Waals surface area contributed by atoms with Crippen molar-refractivity contribution in [3.05, 3.63) is 52.8 Å². The molecular weight excluding hydrogens is 280 g/mol. The van der Waals surface area contributed by atoms with E-state index in [1.54, 1.807) is 6.20 Å². The average Bonchev–Trinajstić information content (AvgIpc) is 2.29. The third kappa shape index (κ3) is 3.28. The second-order valence-electron chi connectivity index (χ2n) is 3.77. The number of ether oxygens (including phenoxy) is 1. The molecule has 2 N–H and O–H groups in total. The van der Waals surface area contributed by atoms with Gasteiger partial charge in [0.1, 0.15) is 11.5 Å². The molecule has 1 atom stereocenters. The Bertz CT molecular complexity index is 497. The summed E-state index contributed by atoms with van der Waals surface area (Å²) in [5, 5.41) is 0. The molecular formula is C13H13BrN2O. The van der Waals surface area contributed by atoms with Crippen LogP contribution in [0.1, 0.15) is 18.7 Å². The molecule has 17 heavy (non-hydrogen) atoms. The van der Waals surface area contributed by atoms with Gasteiger partial charge in [-0.3, -0.25) is 4.98 Å². The molecule has 0 spiro atoms. The maximum atomic E-state index is 5.73. The Labute approximate surface area is 109 Å². The molecule has 4 heteroatoms. The van der Waals surface area contributed by atoms with Crippen LogP contribution in [0.25, 0.3) is 0 Å². The number of aromatic nitrogens is 1. The van der Waals surface area contributed by atoms with Crippen molar-refractivity contribution < 1.29 is 4.74 Å². The van der Waals surface area contributed by atoms with E-state index in [4.69, 9.17) is 10.5 Å². The minimum Gasteiger partial charge on any atom is -0.456 e. The minimum atomic E-state index is -0.0603. The summed E-state index contributed by atoms with van der Waals surface area (Å²) in [7, 11) is 0. The first kappa shape index (κ1) is 12.1. The zero-order valence-corrected chi connectivity index (χ0v) is 11.0. The summed E-state index contributed by atoms with van der Waals surface area (Å²) in [5.74, 6) is 1.47. The third-order valence-electron chi connectivity index (χ3n) is 2.26. The van der Waals surface area contributed by atoms with E-state index in [0.29, 0.717) is 5.75 Å². The molecule has 1 heterocycles. The predicted molar refractivity (Wildman–Crippen MR) is 71.1 cm³/mol. The number of rotatable bonds is 3. The topological polar surface area (TPSA) is 48.1 Å². The lowest BCUT2D eigenvalue weighted by Crippen LogP contribution is -2.06. The molecule has 0 aliphatic heterocycles. The van der Waals surface area contributed by atoms with Crippen LogP contribution in [0.15, 0.2) is 47.1 Å². The summed E-state index contributed by atoms with van der Waals surface area (Å²) in [5.41, 5.74) is 6.58. The van der Waals surface area contributed by atoms with Crippen molar-refractivity contribution in [1.82, 2.24) is 4.98 Å². The average molecular weight is 293 g/mol. The van der Waals surface area contributed by atoms with Crippen LogP contribution in [0.4, 0.5) is 0 Å². The van der Waals surface area contributed by atoms with Gasteiger partial charge in [0.2, 0.25) is 0 Å². The van der Waals surface area contributed by atoms with Crippen molar-refractivity contribution >= 4 is 15.9 Å².